The fraction of sp³-hybridized carbons (Fsp3) is 0.0588. The summed E-state index contributed by atoms with van der Waals surface area (Å²) in [6.45, 7) is 0. The van der Waals surface area contributed by atoms with E-state index in [1.807, 2.05) is 0 Å². The minimum absolute atomic E-state index is 0.000701. The maximum Gasteiger partial charge on any atom is 0.320 e. The molecule has 0 spiro atoms. The number of rotatable bonds is 6. The second kappa shape index (κ2) is 8.35. The molecule has 0 aliphatic heterocycles. The van der Waals surface area contributed by atoms with Crippen molar-refractivity contribution in [3.63, 3.8) is 0 Å². The van der Waals surface area contributed by atoms with Crippen LogP contribution >= 0.6 is 23.2 Å². The van der Waals surface area contributed by atoms with Gasteiger partial charge in [-0.25, -0.2) is 0 Å². The number of halogens is 2. The van der Waals surface area contributed by atoms with E-state index in [9.17, 15) is 25.0 Å². The molecule has 0 aliphatic rings. The molecule has 1 amide bonds. The van der Waals surface area contributed by atoms with E-state index in [2.05, 4.69) is 10.4 Å². The van der Waals surface area contributed by atoms with E-state index >= 15 is 0 Å². The molecule has 154 valence electrons. The molecule has 0 unspecified atom stereocenters. The van der Waals surface area contributed by atoms with Crippen molar-refractivity contribution < 1.29 is 19.4 Å². The Morgan fingerprint density at radius 2 is 1.87 bits per heavy atom. The summed E-state index contributed by atoms with van der Waals surface area (Å²) in [6, 6.07) is 7.91. The van der Waals surface area contributed by atoms with Gasteiger partial charge in [-0.15, -0.1) is 0 Å². The first-order valence-electron chi connectivity index (χ1n) is 8.06. The number of nitrogens with one attached hydrogen (secondary N) is 1. The van der Waals surface area contributed by atoms with Crippen molar-refractivity contribution in [2.24, 2.45) is 7.05 Å². The first-order chi connectivity index (χ1) is 14.1. The number of benzene rings is 2. The molecule has 13 heteroatoms. The number of hydrogen-bond donors (Lipinski definition) is 1. The number of nitrogens with zero attached hydrogens (tertiary/aromatic N) is 4. The van der Waals surface area contributed by atoms with Crippen molar-refractivity contribution in [3.05, 3.63) is 78.6 Å². The van der Waals surface area contributed by atoms with Crippen molar-refractivity contribution in [2.45, 2.75) is 0 Å². The Morgan fingerprint density at radius 3 is 2.50 bits per heavy atom. The molecule has 0 saturated carbocycles. The van der Waals surface area contributed by atoms with Gasteiger partial charge in [-0.1, -0.05) is 23.2 Å². The van der Waals surface area contributed by atoms with Gasteiger partial charge in [0, 0.05) is 24.2 Å². The van der Waals surface area contributed by atoms with Crippen molar-refractivity contribution in [1.29, 1.82) is 0 Å². The minimum atomic E-state index is -0.918. The highest BCUT2D eigenvalue weighted by atomic mass is 35.5. The zero-order valence-corrected chi connectivity index (χ0v) is 16.5. The van der Waals surface area contributed by atoms with Crippen LogP contribution < -0.4 is 10.1 Å². The number of anilines is 1. The lowest BCUT2D eigenvalue weighted by atomic mass is 10.2. The second-order valence-electron chi connectivity index (χ2n) is 5.90. The number of nitro benzene ring substituents is 1. The van der Waals surface area contributed by atoms with Gasteiger partial charge in [0.2, 0.25) is 5.69 Å². The monoisotopic (exact) mass is 451 g/mol. The number of hydrogen-bond acceptors (Lipinski definition) is 7. The lowest BCUT2D eigenvalue weighted by Crippen LogP contribution is -2.14. The standard InChI is InChI=1S/C17H11Cl2N5O6/c1-22-8-14(24(28)29)16(21-22)17(25)20-10-5-11(23(26)27)7-12(6-10)30-15-3-2-9(18)4-13(15)19/h2-8H,1H3,(H,20,25). The lowest BCUT2D eigenvalue weighted by Gasteiger charge is -2.10. The number of carbonyl (C=O) groups excluding carboxylic acids is 1. The predicted octanol–water partition coefficient (Wildman–Crippen LogP) is 4.59. The highest BCUT2D eigenvalue weighted by Crippen LogP contribution is 2.34. The maximum absolute atomic E-state index is 12.5. The van der Waals surface area contributed by atoms with Crippen LogP contribution in [0.1, 0.15) is 10.5 Å². The fourth-order valence-electron chi connectivity index (χ4n) is 2.47. The van der Waals surface area contributed by atoms with Crippen molar-refractivity contribution in [3.8, 4) is 11.5 Å². The van der Waals surface area contributed by atoms with Gasteiger partial charge in [0.25, 0.3) is 11.6 Å². The Morgan fingerprint density at radius 1 is 1.13 bits per heavy atom. The summed E-state index contributed by atoms with van der Waals surface area (Å²) < 4.78 is 6.68. The van der Waals surface area contributed by atoms with Crippen molar-refractivity contribution >= 4 is 46.2 Å². The molecule has 1 aromatic heterocycles. The van der Waals surface area contributed by atoms with E-state index in [1.54, 1.807) is 0 Å². The Labute approximate surface area is 178 Å². The molecule has 3 rings (SSSR count). The molecule has 11 nitrogen and oxygen atoms in total. The van der Waals surface area contributed by atoms with Crippen LogP contribution in [0.3, 0.4) is 0 Å². The van der Waals surface area contributed by atoms with Gasteiger partial charge < -0.3 is 10.1 Å². The van der Waals surface area contributed by atoms with E-state index in [0.29, 0.717) is 5.02 Å². The predicted molar refractivity (Wildman–Crippen MR) is 107 cm³/mol. The van der Waals surface area contributed by atoms with Gasteiger partial charge in [-0.3, -0.25) is 29.7 Å². The Bertz CT molecular complexity index is 1180. The molecule has 0 saturated heterocycles. The Balaban J connectivity index is 1.94. The van der Waals surface area contributed by atoms with Crippen molar-refractivity contribution in [1.82, 2.24) is 9.78 Å². The van der Waals surface area contributed by atoms with Gasteiger partial charge in [-0.2, -0.15) is 5.10 Å². The van der Waals surface area contributed by atoms with Crippen LogP contribution in [-0.2, 0) is 7.05 Å². The summed E-state index contributed by atoms with van der Waals surface area (Å²) in [5.74, 6) is -0.739. The number of carbonyl (C=O) groups is 1. The van der Waals surface area contributed by atoms with Gasteiger partial charge in [0.05, 0.1) is 26.6 Å². The zero-order chi connectivity index (χ0) is 22.0. The van der Waals surface area contributed by atoms with E-state index in [4.69, 9.17) is 27.9 Å². The van der Waals surface area contributed by atoms with Gasteiger partial charge in [0.1, 0.15) is 17.7 Å². The third-order valence-electron chi connectivity index (χ3n) is 3.70. The molecule has 0 aliphatic carbocycles. The summed E-state index contributed by atoms with van der Waals surface area (Å²) in [6.07, 6.45) is 1.07. The summed E-state index contributed by atoms with van der Waals surface area (Å²) in [5.41, 5.74) is -1.38. The fourth-order valence-corrected chi connectivity index (χ4v) is 2.91. The smallest absolute Gasteiger partial charge is 0.320 e. The van der Waals surface area contributed by atoms with E-state index < -0.39 is 27.1 Å². The molecule has 0 fully saturated rings. The zero-order valence-electron chi connectivity index (χ0n) is 15.0. The normalized spacial score (nSPS) is 10.5. The molecule has 1 heterocycles. The largest absolute Gasteiger partial charge is 0.455 e. The SMILES string of the molecule is Cn1cc([N+](=O)[O-])c(C(=O)Nc2cc(Oc3ccc(Cl)cc3Cl)cc([N+](=O)[O-])c2)n1. The van der Waals surface area contributed by atoms with Crippen LogP contribution in [0.15, 0.2) is 42.6 Å². The molecular formula is C17H11Cl2N5O6. The summed E-state index contributed by atoms with van der Waals surface area (Å²) in [7, 11) is 1.42. The van der Waals surface area contributed by atoms with Crippen LogP contribution in [-0.4, -0.2) is 25.5 Å². The molecule has 0 bridgehead atoms. The van der Waals surface area contributed by atoms with Crippen LogP contribution in [0.5, 0.6) is 11.5 Å². The summed E-state index contributed by atoms with van der Waals surface area (Å²) in [5, 5.41) is 29.0. The summed E-state index contributed by atoms with van der Waals surface area (Å²) in [4.78, 5) is 33.4. The van der Waals surface area contributed by atoms with Gasteiger partial charge in [0.15, 0.2) is 0 Å². The summed E-state index contributed by atoms with van der Waals surface area (Å²) >= 11 is 11.9. The number of amides is 1. The van der Waals surface area contributed by atoms with Crippen LogP contribution in [0, 0.1) is 20.2 Å². The number of ether oxygens (including phenoxy) is 1. The Hall–Kier alpha value is -3.70. The molecule has 2 aromatic carbocycles. The topological polar surface area (TPSA) is 142 Å². The second-order valence-corrected chi connectivity index (χ2v) is 6.74. The van der Waals surface area contributed by atoms with E-state index in [0.717, 1.165) is 23.0 Å². The molecule has 0 atom stereocenters. The Kier molecular flexibility index (Phi) is 5.85. The molecular weight excluding hydrogens is 441 g/mol. The number of aromatic nitrogens is 2. The molecule has 0 radical (unpaired) electrons. The third kappa shape index (κ3) is 4.64. The number of non-ortho nitro benzene ring substituents is 1. The van der Waals surface area contributed by atoms with E-state index in [-0.39, 0.29) is 27.9 Å². The third-order valence-corrected chi connectivity index (χ3v) is 4.23. The van der Waals surface area contributed by atoms with E-state index in [1.165, 1.54) is 31.3 Å². The van der Waals surface area contributed by atoms with Gasteiger partial charge in [-0.05, 0) is 18.2 Å². The highest BCUT2D eigenvalue weighted by molar-refractivity contribution is 6.35. The van der Waals surface area contributed by atoms with Crippen LogP contribution in [0.4, 0.5) is 17.1 Å². The highest BCUT2D eigenvalue weighted by Gasteiger charge is 2.25. The average Bonchev–Trinajstić information content (AvgIpc) is 3.06. The quantitative estimate of drug-likeness (QED) is 0.426. The van der Waals surface area contributed by atoms with Crippen molar-refractivity contribution in [2.75, 3.05) is 5.32 Å². The first kappa shape index (κ1) is 21.0. The first-order valence-corrected chi connectivity index (χ1v) is 8.81. The van der Waals surface area contributed by atoms with Gasteiger partial charge >= 0.3 is 5.69 Å². The van der Waals surface area contributed by atoms with Crippen LogP contribution in [0.2, 0.25) is 10.0 Å². The number of aryl methyl sites for hydroxylation is 1. The molecule has 1 N–H and O–H groups in total. The number of nitro groups is 2. The van der Waals surface area contributed by atoms with Crippen LogP contribution in [0.25, 0.3) is 0 Å². The molecule has 3 aromatic rings. The maximum atomic E-state index is 12.5. The molecule has 30 heavy (non-hydrogen) atoms. The average molecular weight is 452 g/mol. The minimum Gasteiger partial charge on any atom is -0.455 e. The lowest BCUT2D eigenvalue weighted by molar-refractivity contribution is -0.385.